The Kier molecular flexibility index (Phi) is 2.40. The second-order valence-corrected chi connectivity index (χ2v) is 4.84. The summed E-state index contributed by atoms with van der Waals surface area (Å²) in [6, 6.07) is 6.99. The Bertz CT molecular complexity index is 416. The molecule has 0 atom stereocenters. The van der Waals surface area contributed by atoms with Crippen molar-refractivity contribution >= 4 is 33.3 Å². The topological polar surface area (TPSA) is 12.9 Å². The largest absolute Gasteiger partial charge is 0.448 e. The number of aromatic nitrogens is 1. The summed E-state index contributed by atoms with van der Waals surface area (Å²) in [5.74, 6) is 0. The minimum absolute atomic E-state index is 0.0405. The number of halogens is 3. The maximum absolute atomic E-state index is 12.0. The molecular weight excluding hydrogens is 231 g/mol. The number of thioether (sulfide) groups is 1. The van der Waals surface area contributed by atoms with Gasteiger partial charge < -0.3 is 0 Å². The lowest BCUT2D eigenvalue weighted by molar-refractivity contribution is -0.0328. The summed E-state index contributed by atoms with van der Waals surface area (Å²) in [4.78, 5) is 3.86. The first-order chi connectivity index (χ1) is 6.54. The molecule has 14 heavy (non-hydrogen) atoms. The van der Waals surface area contributed by atoms with Crippen molar-refractivity contribution < 1.29 is 13.2 Å². The molecule has 0 aliphatic carbocycles. The average molecular weight is 235 g/mol. The van der Waals surface area contributed by atoms with Crippen LogP contribution in [0.25, 0.3) is 10.2 Å². The summed E-state index contributed by atoms with van der Waals surface area (Å²) < 4.78 is 36.8. The molecule has 1 nitrogen and oxygen atoms in total. The van der Waals surface area contributed by atoms with E-state index >= 15 is 0 Å². The first-order valence-corrected chi connectivity index (χ1v) is 5.29. The SMILES string of the molecule is FC(F)(F)Sc1nc2ccccc2s1. The maximum atomic E-state index is 12.0. The van der Waals surface area contributed by atoms with E-state index in [4.69, 9.17) is 0 Å². The Morgan fingerprint density at radius 3 is 2.57 bits per heavy atom. The van der Waals surface area contributed by atoms with Crippen LogP contribution in [0, 0.1) is 0 Å². The van der Waals surface area contributed by atoms with E-state index in [0.29, 0.717) is 5.52 Å². The molecule has 1 aromatic heterocycles. The predicted molar refractivity (Wildman–Crippen MR) is 51.5 cm³/mol. The lowest BCUT2D eigenvalue weighted by Gasteiger charge is -1.99. The van der Waals surface area contributed by atoms with E-state index in [0.717, 1.165) is 16.0 Å². The highest BCUT2D eigenvalue weighted by molar-refractivity contribution is 8.01. The summed E-state index contributed by atoms with van der Waals surface area (Å²) in [6.07, 6.45) is 0. The van der Waals surface area contributed by atoms with Crippen LogP contribution in [-0.4, -0.2) is 10.5 Å². The van der Waals surface area contributed by atoms with Crippen LogP contribution in [-0.2, 0) is 0 Å². The number of hydrogen-bond donors (Lipinski definition) is 0. The maximum Gasteiger partial charge on any atom is 0.448 e. The molecule has 0 bridgehead atoms. The first-order valence-electron chi connectivity index (χ1n) is 3.66. The third-order valence-corrected chi connectivity index (χ3v) is 3.31. The average Bonchev–Trinajstić information content (AvgIpc) is 2.42. The molecule has 0 aliphatic rings. The molecule has 2 rings (SSSR count). The van der Waals surface area contributed by atoms with Gasteiger partial charge in [0.05, 0.1) is 10.2 Å². The van der Waals surface area contributed by atoms with Gasteiger partial charge in [-0.3, -0.25) is 0 Å². The number of alkyl halides is 3. The highest BCUT2D eigenvalue weighted by Gasteiger charge is 2.31. The first kappa shape index (κ1) is 9.79. The molecule has 1 aromatic carbocycles. The number of rotatable bonds is 1. The fraction of sp³-hybridized carbons (Fsp3) is 0.125. The van der Waals surface area contributed by atoms with Crippen molar-refractivity contribution in [2.45, 2.75) is 9.85 Å². The highest BCUT2D eigenvalue weighted by Crippen LogP contribution is 2.40. The normalized spacial score (nSPS) is 12.2. The number of benzene rings is 1. The van der Waals surface area contributed by atoms with E-state index in [1.165, 1.54) is 0 Å². The molecule has 1 heterocycles. The Hall–Kier alpha value is -0.750. The molecule has 0 spiro atoms. The quantitative estimate of drug-likeness (QED) is 0.695. The van der Waals surface area contributed by atoms with Gasteiger partial charge in [-0.05, 0) is 12.1 Å². The molecule has 0 radical (unpaired) electrons. The summed E-state index contributed by atoms with van der Waals surface area (Å²) in [5.41, 5.74) is -3.64. The number of nitrogens with zero attached hydrogens (tertiary/aromatic N) is 1. The van der Waals surface area contributed by atoms with Gasteiger partial charge in [0.25, 0.3) is 0 Å². The molecule has 0 unspecified atom stereocenters. The van der Waals surface area contributed by atoms with Crippen LogP contribution in [0.1, 0.15) is 0 Å². The minimum atomic E-state index is -4.26. The molecule has 0 aliphatic heterocycles. The van der Waals surface area contributed by atoms with Gasteiger partial charge in [0, 0.05) is 11.8 Å². The Labute approximate surface area is 86.0 Å². The second kappa shape index (κ2) is 3.43. The summed E-state index contributed by atoms with van der Waals surface area (Å²) in [5, 5.41) is 0. The third-order valence-electron chi connectivity index (χ3n) is 1.48. The minimum Gasteiger partial charge on any atom is -0.229 e. The predicted octanol–water partition coefficient (Wildman–Crippen LogP) is 3.91. The number of fused-ring (bicyclic) bond motifs is 1. The number of para-hydroxylation sites is 1. The summed E-state index contributed by atoms with van der Waals surface area (Å²) in [6.45, 7) is 0. The van der Waals surface area contributed by atoms with Gasteiger partial charge in [0.15, 0.2) is 4.34 Å². The van der Waals surface area contributed by atoms with Crippen LogP contribution < -0.4 is 0 Å². The van der Waals surface area contributed by atoms with E-state index in [-0.39, 0.29) is 16.1 Å². The monoisotopic (exact) mass is 235 g/mol. The van der Waals surface area contributed by atoms with Crippen LogP contribution in [0.5, 0.6) is 0 Å². The lowest BCUT2D eigenvalue weighted by atomic mass is 10.3. The van der Waals surface area contributed by atoms with E-state index < -0.39 is 5.51 Å². The zero-order valence-corrected chi connectivity index (χ0v) is 8.34. The molecular formula is C8H4F3NS2. The smallest absolute Gasteiger partial charge is 0.229 e. The zero-order chi connectivity index (χ0) is 10.2. The fourth-order valence-corrected chi connectivity index (χ4v) is 2.75. The van der Waals surface area contributed by atoms with Gasteiger partial charge in [0.2, 0.25) is 0 Å². The van der Waals surface area contributed by atoms with Crippen molar-refractivity contribution in [3.8, 4) is 0 Å². The van der Waals surface area contributed by atoms with Crippen LogP contribution in [0.2, 0.25) is 0 Å². The molecule has 0 N–H and O–H groups in total. The second-order valence-electron chi connectivity index (χ2n) is 2.50. The van der Waals surface area contributed by atoms with Crippen molar-refractivity contribution in [1.82, 2.24) is 4.98 Å². The van der Waals surface area contributed by atoms with Crippen molar-refractivity contribution in [3.05, 3.63) is 24.3 Å². The molecule has 0 amide bonds. The Morgan fingerprint density at radius 1 is 1.21 bits per heavy atom. The van der Waals surface area contributed by atoms with Gasteiger partial charge in [-0.1, -0.05) is 12.1 Å². The molecule has 74 valence electrons. The highest BCUT2D eigenvalue weighted by atomic mass is 32.2. The van der Waals surface area contributed by atoms with E-state index in [2.05, 4.69) is 4.98 Å². The standard InChI is InChI=1S/C8H4F3NS2/c9-8(10,11)14-7-12-5-3-1-2-4-6(5)13-7/h1-4H. The van der Waals surface area contributed by atoms with Crippen LogP contribution >= 0.6 is 23.1 Å². The van der Waals surface area contributed by atoms with Gasteiger partial charge in [-0.2, -0.15) is 13.2 Å². The van der Waals surface area contributed by atoms with Gasteiger partial charge in [0.1, 0.15) is 0 Å². The molecule has 0 fully saturated rings. The van der Waals surface area contributed by atoms with Gasteiger partial charge >= 0.3 is 5.51 Å². The van der Waals surface area contributed by atoms with Crippen LogP contribution in [0.4, 0.5) is 13.2 Å². The van der Waals surface area contributed by atoms with Gasteiger partial charge in [-0.25, -0.2) is 4.98 Å². The van der Waals surface area contributed by atoms with Crippen molar-refractivity contribution in [2.75, 3.05) is 0 Å². The summed E-state index contributed by atoms with van der Waals surface area (Å²) in [7, 11) is 0. The van der Waals surface area contributed by atoms with Crippen molar-refractivity contribution in [1.29, 1.82) is 0 Å². The van der Waals surface area contributed by atoms with E-state index in [1.807, 2.05) is 0 Å². The molecule has 6 heteroatoms. The molecule has 0 saturated carbocycles. The lowest BCUT2D eigenvalue weighted by Crippen LogP contribution is -1.98. The van der Waals surface area contributed by atoms with Crippen LogP contribution in [0.15, 0.2) is 28.6 Å². The van der Waals surface area contributed by atoms with Crippen LogP contribution in [0.3, 0.4) is 0 Å². The Morgan fingerprint density at radius 2 is 1.93 bits per heavy atom. The van der Waals surface area contributed by atoms with Gasteiger partial charge in [-0.15, -0.1) is 11.3 Å². The zero-order valence-electron chi connectivity index (χ0n) is 6.71. The van der Waals surface area contributed by atoms with E-state index in [9.17, 15) is 13.2 Å². The molecule has 0 saturated heterocycles. The number of hydrogen-bond acceptors (Lipinski definition) is 3. The fourth-order valence-electron chi connectivity index (χ4n) is 0.994. The Balaban J connectivity index is 2.36. The number of thiazole rings is 1. The summed E-state index contributed by atoms with van der Waals surface area (Å²) >= 11 is 0.890. The molecule has 2 aromatic rings. The van der Waals surface area contributed by atoms with Crippen molar-refractivity contribution in [3.63, 3.8) is 0 Å². The van der Waals surface area contributed by atoms with Crippen molar-refractivity contribution in [2.24, 2.45) is 0 Å². The third kappa shape index (κ3) is 2.19. The van der Waals surface area contributed by atoms with E-state index in [1.54, 1.807) is 24.3 Å².